The van der Waals surface area contributed by atoms with Crippen LogP contribution in [0.1, 0.15) is 11.4 Å². The number of aromatic nitrogens is 2. The highest BCUT2D eigenvalue weighted by Gasteiger charge is 2.14. The zero-order chi connectivity index (χ0) is 17.8. The van der Waals surface area contributed by atoms with Crippen molar-refractivity contribution >= 4 is 62.7 Å². The first-order chi connectivity index (χ1) is 12.0. The highest BCUT2D eigenvalue weighted by Crippen LogP contribution is 2.32. The number of hydrogen-bond acceptors (Lipinski definition) is 8. The van der Waals surface area contributed by atoms with E-state index in [-0.39, 0.29) is 24.0 Å². The molecule has 0 fully saturated rings. The fourth-order valence-corrected chi connectivity index (χ4v) is 5.46. The molecule has 0 aliphatic carbocycles. The second-order valence-corrected chi connectivity index (χ2v) is 9.04. The van der Waals surface area contributed by atoms with Gasteiger partial charge in [0.05, 0.1) is 32.6 Å². The number of carbonyl (C=O) groups is 2. The van der Waals surface area contributed by atoms with Crippen molar-refractivity contribution in [2.24, 2.45) is 5.73 Å². The molecule has 0 aliphatic heterocycles. The molecule has 130 valence electrons. The van der Waals surface area contributed by atoms with Crippen LogP contribution >= 0.6 is 45.8 Å². The Balaban J connectivity index is 1.59. The maximum atomic E-state index is 12.2. The number of thiazole rings is 2. The Labute approximate surface area is 160 Å². The molecule has 0 aliphatic rings. The SMILES string of the molecule is Cc1nc(NC(=O)Cc2csc(-c3cccs3)n2)sc1SCC(N)=O. The number of anilines is 1. The Bertz CT molecular complexity index is 885. The summed E-state index contributed by atoms with van der Waals surface area (Å²) in [7, 11) is 0. The number of primary amides is 1. The van der Waals surface area contributed by atoms with Crippen molar-refractivity contribution in [3.8, 4) is 9.88 Å². The van der Waals surface area contributed by atoms with E-state index in [1.54, 1.807) is 11.3 Å². The normalized spacial score (nSPS) is 10.8. The second-order valence-electron chi connectivity index (χ2n) is 4.99. The third kappa shape index (κ3) is 4.88. The standard InChI is InChI=1S/C15H14N4O2S4/c1-8-14(24-7-11(16)20)25-15(17-8)19-12(21)5-9-6-23-13(18-9)10-3-2-4-22-10/h2-4,6H,5,7H2,1H3,(H2,16,20)(H,17,19,21). The van der Waals surface area contributed by atoms with Crippen molar-refractivity contribution in [2.75, 3.05) is 11.1 Å². The van der Waals surface area contributed by atoms with Crippen LogP contribution in [0.5, 0.6) is 0 Å². The monoisotopic (exact) mass is 410 g/mol. The molecule has 2 amide bonds. The Kier molecular flexibility index (Phi) is 5.84. The van der Waals surface area contributed by atoms with Gasteiger partial charge in [-0.2, -0.15) is 0 Å². The van der Waals surface area contributed by atoms with Crippen LogP contribution in [0, 0.1) is 6.92 Å². The number of amides is 2. The molecule has 0 saturated carbocycles. The van der Waals surface area contributed by atoms with Gasteiger partial charge in [-0.05, 0) is 18.4 Å². The summed E-state index contributed by atoms with van der Waals surface area (Å²) < 4.78 is 0.878. The lowest BCUT2D eigenvalue weighted by Crippen LogP contribution is -2.14. The number of nitrogens with one attached hydrogen (secondary N) is 1. The molecule has 0 unspecified atom stereocenters. The highest BCUT2D eigenvalue weighted by atomic mass is 32.2. The molecule has 3 rings (SSSR count). The first-order valence-electron chi connectivity index (χ1n) is 7.18. The first kappa shape index (κ1) is 18.1. The van der Waals surface area contributed by atoms with Gasteiger partial charge in [-0.25, -0.2) is 9.97 Å². The van der Waals surface area contributed by atoms with Crippen LogP contribution < -0.4 is 11.1 Å². The van der Waals surface area contributed by atoms with E-state index in [0.29, 0.717) is 5.13 Å². The molecule has 0 saturated heterocycles. The summed E-state index contributed by atoms with van der Waals surface area (Å²) in [5.41, 5.74) is 6.67. The van der Waals surface area contributed by atoms with Crippen LogP contribution in [0.15, 0.2) is 27.1 Å². The van der Waals surface area contributed by atoms with Crippen LogP contribution in [0.3, 0.4) is 0 Å². The molecule has 10 heteroatoms. The third-order valence-electron chi connectivity index (χ3n) is 2.97. The van der Waals surface area contributed by atoms with Crippen molar-refractivity contribution < 1.29 is 9.59 Å². The van der Waals surface area contributed by atoms with Gasteiger partial charge in [-0.3, -0.25) is 9.59 Å². The van der Waals surface area contributed by atoms with E-state index < -0.39 is 0 Å². The Morgan fingerprint density at radius 2 is 2.16 bits per heavy atom. The molecule has 0 spiro atoms. The lowest BCUT2D eigenvalue weighted by molar-refractivity contribution is -0.116. The van der Waals surface area contributed by atoms with Gasteiger partial charge < -0.3 is 11.1 Å². The quantitative estimate of drug-likeness (QED) is 0.582. The van der Waals surface area contributed by atoms with Gasteiger partial charge in [0.1, 0.15) is 5.01 Å². The summed E-state index contributed by atoms with van der Waals surface area (Å²) in [6, 6.07) is 3.99. The van der Waals surface area contributed by atoms with Crippen molar-refractivity contribution in [2.45, 2.75) is 17.6 Å². The minimum atomic E-state index is -0.381. The van der Waals surface area contributed by atoms with Crippen molar-refractivity contribution in [3.63, 3.8) is 0 Å². The van der Waals surface area contributed by atoms with Crippen LogP contribution in [-0.2, 0) is 16.0 Å². The van der Waals surface area contributed by atoms with E-state index in [0.717, 1.165) is 25.5 Å². The maximum Gasteiger partial charge on any atom is 0.232 e. The molecule has 0 aromatic carbocycles. The van der Waals surface area contributed by atoms with Gasteiger partial charge in [0.25, 0.3) is 0 Å². The fourth-order valence-electron chi connectivity index (χ4n) is 1.94. The second kappa shape index (κ2) is 8.09. The van der Waals surface area contributed by atoms with Crippen LogP contribution in [0.2, 0.25) is 0 Å². The smallest absolute Gasteiger partial charge is 0.232 e. The molecule has 0 atom stereocenters. The largest absolute Gasteiger partial charge is 0.369 e. The predicted octanol–water partition coefficient (Wildman–Crippen LogP) is 3.40. The van der Waals surface area contributed by atoms with E-state index in [1.165, 1.54) is 34.4 Å². The Morgan fingerprint density at radius 1 is 1.32 bits per heavy atom. The number of nitrogens with zero attached hydrogens (tertiary/aromatic N) is 2. The first-order valence-corrected chi connectivity index (χ1v) is 10.7. The van der Waals surface area contributed by atoms with E-state index in [4.69, 9.17) is 5.73 Å². The van der Waals surface area contributed by atoms with Gasteiger partial charge in [0.15, 0.2) is 5.13 Å². The topological polar surface area (TPSA) is 98.0 Å². The molecule has 0 radical (unpaired) electrons. The summed E-state index contributed by atoms with van der Waals surface area (Å²) in [6.45, 7) is 1.84. The van der Waals surface area contributed by atoms with E-state index in [9.17, 15) is 9.59 Å². The summed E-state index contributed by atoms with van der Waals surface area (Å²) in [6.07, 6.45) is 0.199. The van der Waals surface area contributed by atoms with Gasteiger partial charge in [-0.15, -0.1) is 34.4 Å². The summed E-state index contributed by atoms with van der Waals surface area (Å²) in [4.78, 5) is 33.0. The molecule has 3 aromatic rings. The fraction of sp³-hybridized carbons (Fsp3) is 0.200. The van der Waals surface area contributed by atoms with Crippen LogP contribution in [0.25, 0.3) is 9.88 Å². The number of aryl methyl sites for hydroxylation is 1. The van der Waals surface area contributed by atoms with E-state index in [2.05, 4.69) is 15.3 Å². The van der Waals surface area contributed by atoms with Crippen LogP contribution in [0.4, 0.5) is 5.13 Å². The van der Waals surface area contributed by atoms with Crippen molar-refractivity contribution in [1.29, 1.82) is 0 Å². The van der Waals surface area contributed by atoms with Gasteiger partial charge >= 0.3 is 0 Å². The summed E-state index contributed by atoms with van der Waals surface area (Å²) >= 11 is 5.83. The molecular weight excluding hydrogens is 396 g/mol. The van der Waals surface area contributed by atoms with Crippen molar-refractivity contribution in [1.82, 2.24) is 9.97 Å². The lowest BCUT2D eigenvalue weighted by atomic mass is 10.3. The number of thioether (sulfide) groups is 1. The highest BCUT2D eigenvalue weighted by molar-refractivity contribution is 8.01. The van der Waals surface area contributed by atoms with Gasteiger partial charge in [-0.1, -0.05) is 17.4 Å². The zero-order valence-electron chi connectivity index (χ0n) is 13.1. The molecule has 6 nitrogen and oxygen atoms in total. The van der Waals surface area contributed by atoms with Crippen LogP contribution in [-0.4, -0.2) is 27.5 Å². The molecule has 0 bridgehead atoms. The average Bonchev–Trinajstić information content (AvgIpc) is 3.26. The number of rotatable bonds is 7. The van der Waals surface area contributed by atoms with Gasteiger partial charge in [0, 0.05) is 5.38 Å². The van der Waals surface area contributed by atoms with E-state index in [1.807, 2.05) is 29.8 Å². The summed E-state index contributed by atoms with van der Waals surface area (Å²) in [5.74, 6) is -0.350. The average molecular weight is 411 g/mol. The Hall–Kier alpha value is -1.75. The molecular formula is C15H14N4O2S4. The predicted molar refractivity (Wildman–Crippen MR) is 105 cm³/mol. The third-order valence-corrected chi connectivity index (χ3v) is 7.36. The number of nitrogens with two attached hydrogens (primary N) is 1. The minimum absolute atomic E-state index is 0.164. The molecule has 3 aromatic heterocycles. The molecule has 3 heterocycles. The van der Waals surface area contributed by atoms with Crippen molar-refractivity contribution in [3.05, 3.63) is 34.3 Å². The minimum Gasteiger partial charge on any atom is -0.369 e. The number of thiophene rings is 1. The molecule has 25 heavy (non-hydrogen) atoms. The zero-order valence-corrected chi connectivity index (χ0v) is 16.4. The van der Waals surface area contributed by atoms with E-state index >= 15 is 0 Å². The number of hydrogen-bond donors (Lipinski definition) is 2. The molecule has 3 N–H and O–H groups in total. The maximum absolute atomic E-state index is 12.2. The lowest BCUT2D eigenvalue weighted by Gasteiger charge is -1.98. The summed E-state index contributed by atoms with van der Waals surface area (Å²) in [5, 5.41) is 8.13. The Morgan fingerprint density at radius 3 is 2.88 bits per heavy atom. The number of carbonyl (C=O) groups excluding carboxylic acids is 2. The van der Waals surface area contributed by atoms with Gasteiger partial charge in [0.2, 0.25) is 11.8 Å².